The van der Waals surface area contributed by atoms with Gasteiger partial charge in [0.2, 0.25) is 5.91 Å². The van der Waals surface area contributed by atoms with E-state index in [-0.39, 0.29) is 18.4 Å². The van der Waals surface area contributed by atoms with E-state index in [1.165, 1.54) is 0 Å². The van der Waals surface area contributed by atoms with Crippen molar-refractivity contribution in [3.63, 3.8) is 0 Å². The average molecular weight is 214 g/mol. The highest BCUT2D eigenvalue weighted by atomic mass is 16.4. The fourth-order valence-electron chi connectivity index (χ4n) is 1.92. The number of amides is 1. The van der Waals surface area contributed by atoms with Crippen LogP contribution < -0.4 is 0 Å². The Morgan fingerprint density at radius 2 is 2.13 bits per heavy atom. The number of carbonyl (C=O) groups excluding carboxylic acids is 1. The Morgan fingerprint density at radius 1 is 1.53 bits per heavy atom. The predicted octanol–water partition coefficient (Wildman–Crippen LogP) is 0.0121. The average Bonchev–Trinajstić information content (AvgIpc) is 2.12. The van der Waals surface area contributed by atoms with Crippen molar-refractivity contribution in [1.82, 2.24) is 9.80 Å². The summed E-state index contributed by atoms with van der Waals surface area (Å²) < 4.78 is 0. The van der Waals surface area contributed by atoms with Crippen molar-refractivity contribution in [2.24, 2.45) is 0 Å². The first kappa shape index (κ1) is 12.0. The summed E-state index contributed by atoms with van der Waals surface area (Å²) in [5.41, 5.74) is 0. The van der Waals surface area contributed by atoms with Crippen LogP contribution in [0.4, 0.5) is 0 Å². The minimum Gasteiger partial charge on any atom is -0.481 e. The molecule has 5 heteroatoms. The summed E-state index contributed by atoms with van der Waals surface area (Å²) in [5, 5.41) is 8.77. The van der Waals surface area contributed by atoms with Crippen molar-refractivity contribution in [1.29, 1.82) is 0 Å². The number of hydrogen-bond acceptors (Lipinski definition) is 3. The Labute approximate surface area is 89.7 Å². The van der Waals surface area contributed by atoms with E-state index in [1.54, 1.807) is 11.9 Å². The Kier molecular flexibility index (Phi) is 3.68. The summed E-state index contributed by atoms with van der Waals surface area (Å²) in [5.74, 6) is -1.01. The van der Waals surface area contributed by atoms with Gasteiger partial charge in [-0.15, -0.1) is 0 Å². The second-order valence-electron chi connectivity index (χ2n) is 4.21. The molecule has 0 aliphatic carbocycles. The highest BCUT2D eigenvalue weighted by Crippen LogP contribution is 2.16. The van der Waals surface area contributed by atoms with Gasteiger partial charge in [-0.05, 0) is 13.8 Å². The van der Waals surface area contributed by atoms with Crippen LogP contribution in [-0.2, 0) is 9.59 Å². The fraction of sp³-hybridized carbons (Fsp3) is 0.800. The van der Waals surface area contributed by atoms with Crippen LogP contribution >= 0.6 is 0 Å². The summed E-state index contributed by atoms with van der Waals surface area (Å²) in [7, 11) is 1.72. The number of hydrogen-bond donors (Lipinski definition) is 1. The van der Waals surface area contributed by atoms with E-state index < -0.39 is 12.0 Å². The van der Waals surface area contributed by atoms with E-state index in [9.17, 15) is 9.59 Å². The second-order valence-corrected chi connectivity index (χ2v) is 4.21. The second kappa shape index (κ2) is 4.61. The monoisotopic (exact) mass is 214 g/mol. The smallest absolute Gasteiger partial charge is 0.305 e. The van der Waals surface area contributed by atoms with Crippen molar-refractivity contribution in [2.45, 2.75) is 32.4 Å². The predicted molar refractivity (Wildman–Crippen MR) is 55.5 cm³/mol. The van der Waals surface area contributed by atoms with Crippen molar-refractivity contribution >= 4 is 11.9 Å². The summed E-state index contributed by atoms with van der Waals surface area (Å²) in [6.45, 7) is 5.38. The Bertz CT molecular complexity index is 265. The van der Waals surface area contributed by atoms with Gasteiger partial charge in [-0.2, -0.15) is 0 Å². The normalized spacial score (nSPS) is 23.6. The standard InChI is InChI=1S/C10H18N2O3/c1-7(2)12-5-4-11(3)10(15)8(12)6-9(13)14/h7-8H,4-6H2,1-3H3,(H,13,14)/t8-/m1/s1. The zero-order valence-electron chi connectivity index (χ0n) is 9.43. The van der Waals surface area contributed by atoms with Crippen LogP contribution in [0.15, 0.2) is 0 Å². The van der Waals surface area contributed by atoms with Gasteiger partial charge in [-0.1, -0.05) is 0 Å². The van der Waals surface area contributed by atoms with E-state index in [1.807, 2.05) is 18.7 Å². The number of aliphatic carboxylic acids is 1. The molecule has 0 aromatic rings. The lowest BCUT2D eigenvalue weighted by molar-refractivity contribution is -0.149. The number of carbonyl (C=O) groups is 2. The summed E-state index contributed by atoms with van der Waals surface area (Å²) in [6, 6.07) is -0.298. The SMILES string of the molecule is CC(C)N1CCN(C)C(=O)[C@H]1CC(=O)O. The molecule has 1 fully saturated rings. The lowest BCUT2D eigenvalue weighted by Crippen LogP contribution is -2.58. The lowest BCUT2D eigenvalue weighted by atomic mass is 10.1. The number of carboxylic acid groups (broad SMARTS) is 1. The Morgan fingerprint density at radius 3 is 2.60 bits per heavy atom. The van der Waals surface area contributed by atoms with Gasteiger partial charge in [0.25, 0.3) is 0 Å². The molecule has 1 amide bonds. The van der Waals surface area contributed by atoms with Crippen molar-refractivity contribution in [2.75, 3.05) is 20.1 Å². The maximum atomic E-state index is 11.8. The van der Waals surface area contributed by atoms with E-state index in [2.05, 4.69) is 0 Å². The zero-order valence-corrected chi connectivity index (χ0v) is 9.43. The molecule has 0 saturated carbocycles. The summed E-state index contributed by atoms with van der Waals surface area (Å²) in [4.78, 5) is 26.0. The number of nitrogens with zero attached hydrogens (tertiary/aromatic N) is 2. The van der Waals surface area contributed by atoms with Gasteiger partial charge < -0.3 is 10.0 Å². The van der Waals surface area contributed by atoms with E-state index in [4.69, 9.17) is 5.11 Å². The minimum atomic E-state index is -0.922. The molecule has 86 valence electrons. The molecule has 1 N–H and O–H groups in total. The van der Waals surface area contributed by atoms with Gasteiger partial charge >= 0.3 is 5.97 Å². The topological polar surface area (TPSA) is 60.9 Å². The minimum absolute atomic E-state index is 0.0858. The number of rotatable bonds is 3. The summed E-state index contributed by atoms with van der Waals surface area (Å²) in [6.07, 6.45) is -0.110. The molecule has 1 atom stereocenters. The maximum Gasteiger partial charge on any atom is 0.305 e. The highest BCUT2D eigenvalue weighted by molar-refractivity contribution is 5.86. The number of carboxylic acids is 1. The molecule has 1 aliphatic rings. The molecule has 15 heavy (non-hydrogen) atoms. The van der Waals surface area contributed by atoms with E-state index in [0.717, 1.165) is 6.54 Å². The van der Waals surface area contributed by atoms with E-state index in [0.29, 0.717) is 6.54 Å². The van der Waals surface area contributed by atoms with Gasteiger partial charge in [0, 0.05) is 26.2 Å². The molecule has 5 nitrogen and oxygen atoms in total. The van der Waals surface area contributed by atoms with Crippen LogP contribution in [-0.4, -0.2) is 59.0 Å². The summed E-state index contributed by atoms with van der Waals surface area (Å²) >= 11 is 0. The van der Waals surface area contributed by atoms with Crippen LogP contribution in [0, 0.1) is 0 Å². The Balaban J connectivity index is 2.79. The third kappa shape index (κ3) is 2.68. The van der Waals surface area contributed by atoms with Crippen LogP contribution in [0.5, 0.6) is 0 Å². The molecule has 1 aliphatic heterocycles. The van der Waals surface area contributed by atoms with E-state index >= 15 is 0 Å². The van der Waals surface area contributed by atoms with Gasteiger partial charge in [-0.25, -0.2) is 0 Å². The maximum absolute atomic E-state index is 11.8. The highest BCUT2D eigenvalue weighted by Gasteiger charge is 2.35. The fourth-order valence-corrected chi connectivity index (χ4v) is 1.92. The first-order chi connectivity index (χ1) is 6.93. The first-order valence-corrected chi connectivity index (χ1v) is 5.16. The zero-order chi connectivity index (χ0) is 11.6. The Hall–Kier alpha value is -1.10. The molecule has 1 saturated heterocycles. The van der Waals surface area contributed by atoms with Crippen molar-refractivity contribution in [3.05, 3.63) is 0 Å². The largest absolute Gasteiger partial charge is 0.481 e. The molecule has 0 aromatic carbocycles. The van der Waals surface area contributed by atoms with Crippen LogP contribution in [0.1, 0.15) is 20.3 Å². The third-order valence-electron chi connectivity index (χ3n) is 2.79. The van der Waals surface area contributed by atoms with Crippen LogP contribution in [0.2, 0.25) is 0 Å². The first-order valence-electron chi connectivity index (χ1n) is 5.16. The van der Waals surface area contributed by atoms with Gasteiger partial charge in [-0.3, -0.25) is 14.5 Å². The molecule has 0 bridgehead atoms. The molecule has 0 spiro atoms. The number of piperazine rings is 1. The number of likely N-dealkylation sites (N-methyl/N-ethyl adjacent to an activating group) is 1. The van der Waals surface area contributed by atoms with Crippen molar-refractivity contribution < 1.29 is 14.7 Å². The molecular formula is C10H18N2O3. The van der Waals surface area contributed by atoms with Gasteiger partial charge in [0.05, 0.1) is 6.42 Å². The van der Waals surface area contributed by atoms with Crippen LogP contribution in [0.25, 0.3) is 0 Å². The van der Waals surface area contributed by atoms with Gasteiger partial charge in [0.15, 0.2) is 0 Å². The molecular weight excluding hydrogens is 196 g/mol. The molecule has 0 aromatic heterocycles. The van der Waals surface area contributed by atoms with Crippen LogP contribution in [0.3, 0.4) is 0 Å². The molecule has 0 unspecified atom stereocenters. The molecule has 0 radical (unpaired) electrons. The quantitative estimate of drug-likeness (QED) is 0.719. The molecule has 1 heterocycles. The third-order valence-corrected chi connectivity index (χ3v) is 2.79. The lowest BCUT2D eigenvalue weighted by Gasteiger charge is -2.40. The van der Waals surface area contributed by atoms with Crippen molar-refractivity contribution in [3.8, 4) is 0 Å². The van der Waals surface area contributed by atoms with Gasteiger partial charge in [0.1, 0.15) is 6.04 Å². The molecule has 1 rings (SSSR count).